The summed E-state index contributed by atoms with van der Waals surface area (Å²) in [5, 5.41) is 0. The van der Waals surface area contributed by atoms with E-state index in [0.717, 1.165) is 0 Å². The van der Waals surface area contributed by atoms with Gasteiger partial charge >= 0.3 is 0 Å². The molecule has 6 nitrogen and oxygen atoms in total. The number of carbonyl (C=O) groups is 1. The predicted molar refractivity (Wildman–Crippen MR) is 86.8 cm³/mol. The van der Waals surface area contributed by atoms with Gasteiger partial charge in [0.25, 0.3) is 10.0 Å². The molecule has 7 heteroatoms. The minimum atomic E-state index is -3.76. The van der Waals surface area contributed by atoms with E-state index in [0.29, 0.717) is 22.7 Å². The van der Waals surface area contributed by atoms with Gasteiger partial charge in [0.15, 0.2) is 17.3 Å². The Morgan fingerprint density at radius 2 is 1.57 bits per heavy atom. The Morgan fingerprint density at radius 1 is 0.957 bits per heavy atom. The number of Topliss-reactive ketones (excluding diaryl/α,β-unsaturated/α-hetero) is 1. The molecule has 0 amide bonds. The van der Waals surface area contributed by atoms with E-state index in [1.54, 1.807) is 12.1 Å². The van der Waals surface area contributed by atoms with E-state index in [2.05, 4.69) is 4.72 Å². The highest BCUT2D eigenvalue weighted by Gasteiger charge is 2.16. The van der Waals surface area contributed by atoms with Crippen LogP contribution in [0.4, 0.5) is 5.69 Å². The maximum Gasteiger partial charge on any atom is 0.261 e. The number of methoxy groups -OCH3 is 2. The van der Waals surface area contributed by atoms with E-state index < -0.39 is 10.0 Å². The van der Waals surface area contributed by atoms with Crippen LogP contribution in [0.25, 0.3) is 0 Å². The molecule has 2 aromatic rings. The lowest BCUT2D eigenvalue weighted by molar-refractivity contribution is 0.101. The van der Waals surface area contributed by atoms with Crippen molar-refractivity contribution in [2.24, 2.45) is 0 Å². The maximum absolute atomic E-state index is 12.4. The van der Waals surface area contributed by atoms with Crippen molar-refractivity contribution in [1.29, 1.82) is 0 Å². The number of hydrogen-bond donors (Lipinski definition) is 1. The van der Waals surface area contributed by atoms with Crippen molar-refractivity contribution in [1.82, 2.24) is 0 Å². The van der Waals surface area contributed by atoms with Crippen LogP contribution in [-0.4, -0.2) is 28.4 Å². The lowest BCUT2D eigenvalue weighted by Crippen LogP contribution is -2.13. The van der Waals surface area contributed by atoms with E-state index in [1.807, 2.05) is 0 Å². The standard InChI is InChI=1S/C16H17NO5S/c1-11(18)12-4-7-14(8-5-12)23(19,20)17-13-6-9-15(21-2)16(10-13)22-3/h4-10,17H,1-3H3. The SMILES string of the molecule is COc1ccc(NS(=O)(=O)c2ccc(C(C)=O)cc2)cc1OC. The molecule has 0 spiro atoms. The van der Waals surface area contributed by atoms with Crippen LogP contribution >= 0.6 is 0 Å². The second-order valence-corrected chi connectivity index (χ2v) is 6.44. The molecule has 2 aromatic carbocycles. The van der Waals surface area contributed by atoms with E-state index in [1.165, 1.54) is 51.5 Å². The van der Waals surface area contributed by atoms with Gasteiger partial charge in [-0.2, -0.15) is 0 Å². The molecular weight excluding hydrogens is 318 g/mol. The average molecular weight is 335 g/mol. The van der Waals surface area contributed by atoms with Crippen LogP contribution in [0.2, 0.25) is 0 Å². The normalized spacial score (nSPS) is 10.9. The molecule has 23 heavy (non-hydrogen) atoms. The van der Waals surface area contributed by atoms with E-state index >= 15 is 0 Å². The zero-order valence-corrected chi connectivity index (χ0v) is 13.8. The van der Waals surface area contributed by atoms with Crippen molar-refractivity contribution < 1.29 is 22.7 Å². The number of sulfonamides is 1. The fourth-order valence-corrected chi connectivity index (χ4v) is 3.03. The number of carbonyl (C=O) groups excluding carboxylic acids is 1. The van der Waals surface area contributed by atoms with Crippen molar-refractivity contribution in [2.45, 2.75) is 11.8 Å². The fraction of sp³-hybridized carbons (Fsp3) is 0.188. The fourth-order valence-electron chi connectivity index (χ4n) is 1.98. The minimum absolute atomic E-state index is 0.0669. The highest BCUT2D eigenvalue weighted by molar-refractivity contribution is 7.92. The smallest absolute Gasteiger partial charge is 0.261 e. The van der Waals surface area contributed by atoms with Gasteiger partial charge in [-0.15, -0.1) is 0 Å². The molecule has 0 aliphatic rings. The molecule has 0 aliphatic heterocycles. The first-order valence-corrected chi connectivity index (χ1v) is 8.21. The quantitative estimate of drug-likeness (QED) is 0.821. The van der Waals surface area contributed by atoms with Gasteiger partial charge in [-0.05, 0) is 31.2 Å². The third-order valence-corrected chi connectivity index (χ3v) is 4.60. The first kappa shape index (κ1) is 16.8. The first-order chi connectivity index (χ1) is 10.9. The molecule has 0 radical (unpaired) electrons. The van der Waals surface area contributed by atoms with Crippen molar-refractivity contribution in [3.63, 3.8) is 0 Å². The summed E-state index contributed by atoms with van der Waals surface area (Å²) in [6.45, 7) is 1.42. The number of nitrogens with one attached hydrogen (secondary N) is 1. The van der Waals surface area contributed by atoms with Crippen LogP contribution in [0.3, 0.4) is 0 Å². The summed E-state index contributed by atoms with van der Waals surface area (Å²) in [5.74, 6) is 0.794. The molecule has 0 fully saturated rings. The molecule has 0 aromatic heterocycles. The number of rotatable bonds is 6. The monoisotopic (exact) mass is 335 g/mol. The molecule has 122 valence electrons. The third kappa shape index (κ3) is 3.81. The molecule has 2 rings (SSSR count). The Labute approximate surface area is 135 Å². The molecular formula is C16H17NO5S. The summed E-state index contributed by atoms with van der Waals surface area (Å²) >= 11 is 0. The summed E-state index contributed by atoms with van der Waals surface area (Å²) in [5.41, 5.74) is 0.799. The summed E-state index contributed by atoms with van der Waals surface area (Å²) in [6.07, 6.45) is 0. The van der Waals surface area contributed by atoms with Crippen molar-refractivity contribution >= 4 is 21.5 Å². The summed E-state index contributed by atoms with van der Waals surface area (Å²) in [7, 11) is -0.791. The lowest BCUT2D eigenvalue weighted by atomic mass is 10.2. The van der Waals surface area contributed by atoms with Gasteiger partial charge in [-0.25, -0.2) is 8.42 Å². The summed E-state index contributed by atoms with van der Waals surface area (Å²) in [6, 6.07) is 10.4. The molecule has 0 unspecified atom stereocenters. The Bertz CT molecular complexity index is 813. The minimum Gasteiger partial charge on any atom is -0.493 e. The van der Waals surface area contributed by atoms with Gasteiger partial charge in [0.2, 0.25) is 0 Å². The molecule has 0 heterocycles. The van der Waals surface area contributed by atoms with Gasteiger partial charge in [0.1, 0.15) is 0 Å². The second-order valence-electron chi connectivity index (χ2n) is 4.76. The van der Waals surface area contributed by atoms with E-state index in [9.17, 15) is 13.2 Å². The van der Waals surface area contributed by atoms with Crippen molar-refractivity contribution in [3.8, 4) is 11.5 Å². The highest BCUT2D eigenvalue weighted by Crippen LogP contribution is 2.30. The van der Waals surface area contributed by atoms with E-state index in [-0.39, 0.29) is 10.7 Å². The van der Waals surface area contributed by atoms with Crippen LogP contribution in [0.15, 0.2) is 47.4 Å². The van der Waals surface area contributed by atoms with Crippen LogP contribution in [0, 0.1) is 0 Å². The maximum atomic E-state index is 12.4. The molecule has 1 N–H and O–H groups in total. The summed E-state index contributed by atoms with van der Waals surface area (Å²) < 4.78 is 37.4. The van der Waals surface area contributed by atoms with Crippen molar-refractivity contribution in [2.75, 3.05) is 18.9 Å². The Balaban J connectivity index is 2.29. The zero-order valence-electron chi connectivity index (χ0n) is 13.0. The van der Waals surface area contributed by atoms with Crippen LogP contribution in [-0.2, 0) is 10.0 Å². The zero-order chi connectivity index (χ0) is 17.0. The molecule has 0 aliphatic carbocycles. The summed E-state index contributed by atoms with van der Waals surface area (Å²) in [4.78, 5) is 11.3. The highest BCUT2D eigenvalue weighted by atomic mass is 32.2. The molecule has 0 atom stereocenters. The topological polar surface area (TPSA) is 81.7 Å². The number of hydrogen-bond acceptors (Lipinski definition) is 5. The molecule has 0 saturated carbocycles. The van der Waals surface area contributed by atoms with Crippen molar-refractivity contribution in [3.05, 3.63) is 48.0 Å². The molecule has 0 bridgehead atoms. The van der Waals surface area contributed by atoms with Crippen LogP contribution < -0.4 is 14.2 Å². The Morgan fingerprint density at radius 3 is 2.09 bits per heavy atom. The van der Waals surface area contributed by atoms with Gasteiger partial charge in [0, 0.05) is 11.6 Å². The van der Waals surface area contributed by atoms with Crippen LogP contribution in [0.5, 0.6) is 11.5 Å². The van der Waals surface area contributed by atoms with Gasteiger partial charge in [-0.1, -0.05) is 12.1 Å². The number of ether oxygens (including phenoxy) is 2. The van der Waals surface area contributed by atoms with E-state index in [4.69, 9.17) is 9.47 Å². The van der Waals surface area contributed by atoms with Gasteiger partial charge < -0.3 is 9.47 Å². The van der Waals surface area contributed by atoms with Gasteiger partial charge in [0.05, 0.1) is 24.8 Å². The van der Waals surface area contributed by atoms with Crippen LogP contribution in [0.1, 0.15) is 17.3 Å². The largest absolute Gasteiger partial charge is 0.493 e. The average Bonchev–Trinajstić information content (AvgIpc) is 2.54. The number of benzene rings is 2. The molecule has 0 saturated heterocycles. The Kier molecular flexibility index (Phi) is 4.90. The first-order valence-electron chi connectivity index (χ1n) is 6.73. The Hall–Kier alpha value is -2.54. The second kappa shape index (κ2) is 6.70. The number of ketones is 1. The lowest BCUT2D eigenvalue weighted by Gasteiger charge is -2.12. The number of anilines is 1. The van der Waals surface area contributed by atoms with Gasteiger partial charge in [-0.3, -0.25) is 9.52 Å². The third-order valence-electron chi connectivity index (χ3n) is 3.21. The predicted octanol–water partition coefficient (Wildman–Crippen LogP) is 2.71.